The molecular formula is C9H13N3O. The van der Waals surface area contributed by atoms with E-state index in [1.165, 1.54) is 6.33 Å². The van der Waals surface area contributed by atoms with Gasteiger partial charge in [-0.25, -0.2) is 9.97 Å². The maximum Gasteiger partial charge on any atom is 0.225 e. The molecule has 70 valence electrons. The number of hydrogen-bond donors (Lipinski definition) is 1. The predicted molar refractivity (Wildman–Crippen MR) is 52.8 cm³/mol. The fraction of sp³-hybridized carbons (Fsp3) is 0.333. The van der Waals surface area contributed by atoms with Crippen molar-refractivity contribution in [1.29, 1.82) is 0 Å². The predicted octanol–water partition coefficient (Wildman–Crippen LogP) is 1.56. The van der Waals surface area contributed by atoms with Crippen molar-refractivity contribution < 1.29 is 4.74 Å². The number of methoxy groups -OCH3 is 1. The van der Waals surface area contributed by atoms with Gasteiger partial charge in [0.05, 0.1) is 12.7 Å². The molecule has 0 aromatic carbocycles. The average Bonchev–Trinajstić information content (AvgIpc) is 2.16. The smallest absolute Gasteiger partial charge is 0.225 e. The fourth-order valence-electron chi connectivity index (χ4n) is 1.10. The van der Waals surface area contributed by atoms with Crippen LogP contribution >= 0.6 is 0 Å². The van der Waals surface area contributed by atoms with Gasteiger partial charge in [0.25, 0.3) is 0 Å². The lowest BCUT2D eigenvalue weighted by molar-refractivity contribution is 0.395. The van der Waals surface area contributed by atoms with Gasteiger partial charge in [-0.1, -0.05) is 6.58 Å². The van der Waals surface area contributed by atoms with Gasteiger partial charge in [0, 0.05) is 7.05 Å². The van der Waals surface area contributed by atoms with Gasteiger partial charge in [0.15, 0.2) is 0 Å². The lowest BCUT2D eigenvalue weighted by atomic mass is 10.1. The molecular weight excluding hydrogens is 166 g/mol. The highest BCUT2D eigenvalue weighted by atomic mass is 16.5. The molecule has 1 aromatic heterocycles. The minimum atomic E-state index is 0.548. The summed E-state index contributed by atoms with van der Waals surface area (Å²) in [6.07, 6.45) is 1.46. The van der Waals surface area contributed by atoms with Crippen LogP contribution in [-0.4, -0.2) is 24.1 Å². The largest absolute Gasteiger partial charge is 0.480 e. The summed E-state index contributed by atoms with van der Waals surface area (Å²) in [6, 6.07) is 0. The summed E-state index contributed by atoms with van der Waals surface area (Å²) >= 11 is 0. The molecule has 0 atom stereocenters. The van der Waals surface area contributed by atoms with Crippen molar-refractivity contribution in [3.05, 3.63) is 18.5 Å². The SMILES string of the molecule is C=C(C)c1c(NC)ncnc1OC. The van der Waals surface area contributed by atoms with Crippen LogP contribution in [0, 0.1) is 0 Å². The van der Waals surface area contributed by atoms with E-state index in [1.54, 1.807) is 14.2 Å². The van der Waals surface area contributed by atoms with Gasteiger partial charge < -0.3 is 10.1 Å². The molecule has 13 heavy (non-hydrogen) atoms. The highest BCUT2D eigenvalue weighted by molar-refractivity contribution is 5.74. The van der Waals surface area contributed by atoms with Crippen LogP contribution in [0.2, 0.25) is 0 Å². The monoisotopic (exact) mass is 179 g/mol. The molecule has 0 fully saturated rings. The van der Waals surface area contributed by atoms with Gasteiger partial charge in [0.2, 0.25) is 5.88 Å². The first kappa shape index (κ1) is 9.51. The zero-order chi connectivity index (χ0) is 9.84. The molecule has 0 spiro atoms. The molecule has 0 unspecified atom stereocenters. The van der Waals surface area contributed by atoms with E-state index in [-0.39, 0.29) is 0 Å². The third-order valence-electron chi connectivity index (χ3n) is 1.67. The summed E-state index contributed by atoms with van der Waals surface area (Å²) in [5.74, 6) is 1.28. The van der Waals surface area contributed by atoms with Gasteiger partial charge in [0.1, 0.15) is 12.1 Å². The van der Waals surface area contributed by atoms with Crippen LogP contribution in [0.5, 0.6) is 5.88 Å². The highest BCUT2D eigenvalue weighted by Gasteiger charge is 2.10. The summed E-state index contributed by atoms with van der Waals surface area (Å²) in [4.78, 5) is 8.06. The summed E-state index contributed by atoms with van der Waals surface area (Å²) < 4.78 is 5.10. The first-order chi connectivity index (χ1) is 6.20. The summed E-state index contributed by atoms with van der Waals surface area (Å²) in [6.45, 7) is 5.73. The number of nitrogens with zero attached hydrogens (tertiary/aromatic N) is 2. The van der Waals surface area contributed by atoms with Gasteiger partial charge in [-0.05, 0) is 12.5 Å². The highest BCUT2D eigenvalue weighted by Crippen LogP contribution is 2.27. The molecule has 0 radical (unpaired) electrons. The number of aromatic nitrogens is 2. The Morgan fingerprint density at radius 2 is 2.23 bits per heavy atom. The van der Waals surface area contributed by atoms with Crippen molar-refractivity contribution in [2.75, 3.05) is 19.5 Å². The van der Waals surface area contributed by atoms with Crippen molar-refractivity contribution >= 4 is 11.4 Å². The van der Waals surface area contributed by atoms with Crippen molar-refractivity contribution in [3.63, 3.8) is 0 Å². The van der Waals surface area contributed by atoms with Gasteiger partial charge >= 0.3 is 0 Å². The molecule has 0 saturated carbocycles. The molecule has 0 aliphatic heterocycles. The van der Waals surface area contributed by atoms with Gasteiger partial charge in [-0.3, -0.25) is 0 Å². The molecule has 0 saturated heterocycles. The molecule has 1 heterocycles. The Morgan fingerprint density at radius 1 is 1.54 bits per heavy atom. The Labute approximate surface area is 77.7 Å². The summed E-state index contributed by atoms with van der Waals surface area (Å²) in [5.41, 5.74) is 1.70. The van der Waals surface area contributed by atoms with E-state index in [4.69, 9.17) is 4.74 Å². The average molecular weight is 179 g/mol. The van der Waals surface area contributed by atoms with E-state index in [9.17, 15) is 0 Å². The Morgan fingerprint density at radius 3 is 2.69 bits per heavy atom. The normalized spacial score (nSPS) is 9.46. The molecule has 1 rings (SSSR count). The maximum atomic E-state index is 5.10. The second kappa shape index (κ2) is 3.89. The van der Waals surface area contributed by atoms with Crippen LogP contribution in [0.3, 0.4) is 0 Å². The van der Waals surface area contributed by atoms with E-state index in [0.717, 1.165) is 17.0 Å². The topological polar surface area (TPSA) is 47.0 Å². The van der Waals surface area contributed by atoms with Crippen molar-refractivity contribution in [2.24, 2.45) is 0 Å². The Bertz CT molecular complexity index is 300. The van der Waals surface area contributed by atoms with E-state index in [0.29, 0.717) is 5.88 Å². The second-order valence-corrected chi connectivity index (χ2v) is 2.64. The minimum Gasteiger partial charge on any atom is -0.480 e. The first-order valence-corrected chi connectivity index (χ1v) is 3.93. The molecule has 0 aliphatic carbocycles. The van der Waals surface area contributed by atoms with E-state index in [2.05, 4.69) is 21.9 Å². The second-order valence-electron chi connectivity index (χ2n) is 2.64. The van der Waals surface area contributed by atoms with E-state index in [1.807, 2.05) is 6.92 Å². The molecule has 0 aliphatic rings. The van der Waals surface area contributed by atoms with Crippen molar-refractivity contribution in [3.8, 4) is 5.88 Å². The quantitative estimate of drug-likeness (QED) is 0.764. The first-order valence-electron chi connectivity index (χ1n) is 3.93. The van der Waals surface area contributed by atoms with Gasteiger partial charge in [-0.15, -0.1) is 0 Å². The zero-order valence-electron chi connectivity index (χ0n) is 8.09. The van der Waals surface area contributed by atoms with Crippen molar-refractivity contribution in [1.82, 2.24) is 9.97 Å². The number of rotatable bonds is 3. The lowest BCUT2D eigenvalue weighted by Crippen LogP contribution is -2.01. The number of anilines is 1. The third kappa shape index (κ3) is 1.77. The molecule has 0 amide bonds. The van der Waals surface area contributed by atoms with Crippen LogP contribution in [0.1, 0.15) is 12.5 Å². The summed E-state index contributed by atoms with van der Waals surface area (Å²) in [5, 5.41) is 2.96. The Balaban J connectivity index is 3.29. The van der Waals surface area contributed by atoms with E-state index >= 15 is 0 Å². The Hall–Kier alpha value is -1.58. The Kier molecular flexibility index (Phi) is 2.84. The van der Waals surface area contributed by atoms with Crippen LogP contribution < -0.4 is 10.1 Å². The fourth-order valence-corrected chi connectivity index (χ4v) is 1.10. The number of allylic oxidation sites excluding steroid dienone is 1. The maximum absolute atomic E-state index is 5.10. The van der Waals surface area contributed by atoms with Gasteiger partial charge in [-0.2, -0.15) is 0 Å². The molecule has 4 nitrogen and oxygen atoms in total. The summed E-state index contributed by atoms with van der Waals surface area (Å²) in [7, 11) is 3.38. The van der Waals surface area contributed by atoms with Crippen LogP contribution in [-0.2, 0) is 0 Å². The van der Waals surface area contributed by atoms with Crippen LogP contribution in [0.4, 0.5) is 5.82 Å². The third-order valence-corrected chi connectivity index (χ3v) is 1.67. The van der Waals surface area contributed by atoms with Crippen LogP contribution in [0.15, 0.2) is 12.9 Å². The molecule has 1 N–H and O–H groups in total. The zero-order valence-corrected chi connectivity index (χ0v) is 8.09. The molecule has 4 heteroatoms. The van der Waals surface area contributed by atoms with Crippen molar-refractivity contribution in [2.45, 2.75) is 6.92 Å². The van der Waals surface area contributed by atoms with Crippen LogP contribution in [0.25, 0.3) is 5.57 Å². The molecule has 0 bridgehead atoms. The lowest BCUT2D eigenvalue weighted by Gasteiger charge is -2.10. The van der Waals surface area contributed by atoms with E-state index < -0.39 is 0 Å². The number of nitrogens with one attached hydrogen (secondary N) is 1. The standard InChI is InChI=1S/C9H13N3O/c1-6(2)7-8(10-3)11-5-12-9(7)13-4/h5H,1H2,2-4H3,(H,10,11,12). The molecule has 1 aromatic rings. The number of ether oxygens (including phenoxy) is 1. The number of hydrogen-bond acceptors (Lipinski definition) is 4. The minimum absolute atomic E-state index is 0.548.